The molecule has 112 valence electrons. The van der Waals surface area contributed by atoms with Crippen molar-refractivity contribution in [3.05, 3.63) is 23.2 Å². The topological polar surface area (TPSA) is 28.4 Å². The largest absolute Gasteiger partial charge is 0.465 e. The van der Waals surface area contributed by atoms with Crippen LogP contribution in [-0.4, -0.2) is 24.0 Å². The van der Waals surface area contributed by atoms with Crippen LogP contribution in [0.2, 0.25) is 0 Å². The van der Waals surface area contributed by atoms with Crippen molar-refractivity contribution >= 4 is 0 Å². The standard InChI is InChI=1S/C17H28N2O/c1-12-6-13(2)10-19(9-12)11-15-7-17(20-14(15)3)8-18-16-4-5-16/h7,12-13,16,18H,4-6,8-11H2,1-3H3. The molecular weight excluding hydrogens is 248 g/mol. The van der Waals surface area contributed by atoms with Crippen LogP contribution < -0.4 is 5.32 Å². The van der Waals surface area contributed by atoms with E-state index >= 15 is 0 Å². The average Bonchev–Trinajstić information content (AvgIpc) is 3.12. The quantitative estimate of drug-likeness (QED) is 0.894. The van der Waals surface area contributed by atoms with Gasteiger partial charge in [0.25, 0.3) is 0 Å². The van der Waals surface area contributed by atoms with Gasteiger partial charge in [0.2, 0.25) is 0 Å². The number of furan rings is 1. The summed E-state index contributed by atoms with van der Waals surface area (Å²) in [6.45, 7) is 11.2. The van der Waals surface area contributed by atoms with Crippen LogP contribution in [0.4, 0.5) is 0 Å². The van der Waals surface area contributed by atoms with Crippen LogP contribution in [0, 0.1) is 18.8 Å². The van der Waals surface area contributed by atoms with Gasteiger partial charge < -0.3 is 9.73 Å². The Bertz CT molecular complexity index is 440. The molecule has 3 heteroatoms. The molecular formula is C17H28N2O. The molecule has 3 rings (SSSR count). The molecule has 2 fully saturated rings. The van der Waals surface area contributed by atoms with Crippen LogP contribution in [0.15, 0.2) is 10.5 Å². The molecule has 0 aromatic carbocycles. The zero-order valence-electron chi connectivity index (χ0n) is 13.1. The molecule has 20 heavy (non-hydrogen) atoms. The number of rotatable bonds is 5. The van der Waals surface area contributed by atoms with Gasteiger partial charge in [-0.3, -0.25) is 4.90 Å². The number of likely N-dealkylation sites (tertiary alicyclic amines) is 1. The Hall–Kier alpha value is -0.800. The Morgan fingerprint density at radius 3 is 2.60 bits per heavy atom. The molecule has 0 bridgehead atoms. The van der Waals surface area contributed by atoms with E-state index in [4.69, 9.17) is 4.42 Å². The van der Waals surface area contributed by atoms with E-state index in [2.05, 4.69) is 37.1 Å². The highest BCUT2D eigenvalue weighted by Crippen LogP contribution is 2.25. The van der Waals surface area contributed by atoms with Crippen molar-refractivity contribution in [2.24, 2.45) is 11.8 Å². The second-order valence-electron chi connectivity index (χ2n) is 7.09. The Morgan fingerprint density at radius 2 is 1.95 bits per heavy atom. The van der Waals surface area contributed by atoms with Crippen molar-refractivity contribution in [2.75, 3.05) is 13.1 Å². The fourth-order valence-electron chi connectivity index (χ4n) is 3.53. The van der Waals surface area contributed by atoms with Gasteiger partial charge in [-0.2, -0.15) is 0 Å². The molecule has 1 aliphatic heterocycles. The van der Waals surface area contributed by atoms with E-state index in [0.29, 0.717) is 0 Å². The van der Waals surface area contributed by atoms with Crippen molar-refractivity contribution in [2.45, 2.75) is 59.2 Å². The third-order valence-electron chi connectivity index (χ3n) is 4.55. The molecule has 2 unspecified atom stereocenters. The first kappa shape index (κ1) is 14.2. The lowest BCUT2D eigenvalue weighted by Gasteiger charge is -2.34. The maximum absolute atomic E-state index is 5.90. The van der Waals surface area contributed by atoms with E-state index in [1.807, 2.05) is 0 Å². The molecule has 0 amide bonds. The zero-order chi connectivity index (χ0) is 14.1. The number of nitrogens with zero attached hydrogens (tertiary/aromatic N) is 1. The first-order chi connectivity index (χ1) is 9.60. The van der Waals surface area contributed by atoms with Crippen molar-refractivity contribution in [3.8, 4) is 0 Å². The lowest BCUT2D eigenvalue weighted by atomic mass is 9.91. The predicted octanol–water partition coefficient (Wildman–Crippen LogP) is 3.32. The van der Waals surface area contributed by atoms with Gasteiger partial charge in [0.15, 0.2) is 0 Å². The minimum absolute atomic E-state index is 0.743. The van der Waals surface area contributed by atoms with E-state index in [0.717, 1.165) is 42.5 Å². The first-order valence-electron chi connectivity index (χ1n) is 8.14. The number of hydrogen-bond donors (Lipinski definition) is 1. The second-order valence-corrected chi connectivity index (χ2v) is 7.09. The van der Waals surface area contributed by atoms with Crippen molar-refractivity contribution in [3.63, 3.8) is 0 Å². The Morgan fingerprint density at radius 1 is 1.25 bits per heavy atom. The SMILES string of the molecule is Cc1oc(CNC2CC2)cc1CN1CC(C)CC(C)C1. The predicted molar refractivity (Wildman–Crippen MR) is 81.5 cm³/mol. The molecule has 0 spiro atoms. The molecule has 3 nitrogen and oxygen atoms in total. The molecule has 0 radical (unpaired) electrons. The molecule has 1 aliphatic carbocycles. The van der Waals surface area contributed by atoms with Crippen LogP contribution in [0.5, 0.6) is 0 Å². The number of piperidine rings is 1. The molecule has 1 aromatic heterocycles. The average molecular weight is 276 g/mol. The monoisotopic (exact) mass is 276 g/mol. The summed E-state index contributed by atoms with van der Waals surface area (Å²) in [5.74, 6) is 3.84. The van der Waals surface area contributed by atoms with Gasteiger partial charge in [0, 0.05) is 31.2 Å². The van der Waals surface area contributed by atoms with Crippen molar-refractivity contribution in [1.82, 2.24) is 10.2 Å². The Kier molecular flexibility index (Phi) is 4.18. The molecule has 2 aliphatic rings. The van der Waals surface area contributed by atoms with Gasteiger partial charge in [-0.15, -0.1) is 0 Å². The van der Waals surface area contributed by atoms with Gasteiger partial charge in [-0.1, -0.05) is 13.8 Å². The van der Waals surface area contributed by atoms with E-state index in [1.165, 1.54) is 37.9 Å². The zero-order valence-corrected chi connectivity index (χ0v) is 13.1. The van der Waals surface area contributed by atoms with Crippen LogP contribution in [0.25, 0.3) is 0 Å². The lowest BCUT2D eigenvalue weighted by Crippen LogP contribution is -2.38. The fourth-order valence-corrected chi connectivity index (χ4v) is 3.53. The van der Waals surface area contributed by atoms with Gasteiger partial charge in [-0.05, 0) is 44.1 Å². The summed E-state index contributed by atoms with van der Waals surface area (Å²) in [5.41, 5.74) is 1.37. The van der Waals surface area contributed by atoms with Crippen LogP contribution in [0.1, 0.15) is 50.2 Å². The van der Waals surface area contributed by atoms with Crippen LogP contribution in [-0.2, 0) is 13.1 Å². The van der Waals surface area contributed by atoms with E-state index in [1.54, 1.807) is 0 Å². The highest BCUT2D eigenvalue weighted by molar-refractivity contribution is 5.21. The maximum atomic E-state index is 5.90. The first-order valence-corrected chi connectivity index (χ1v) is 8.14. The molecule has 1 N–H and O–H groups in total. The molecule has 1 saturated carbocycles. The highest BCUT2D eigenvalue weighted by Gasteiger charge is 2.24. The summed E-state index contributed by atoms with van der Waals surface area (Å²) < 4.78 is 5.90. The summed E-state index contributed by atoms with van der Waals surface area (Å²) in [7, 11) is 0. The minimum Gasteiger partial charge on any atom is -0.465 e. The third kappa shape index (κ3) is 3.64. The number of hydrogen-bond acceptors (Lipinski definition) is 3. The summed E-state index contributed by atoms with van der Waals surface area (Å²) in [4.78, 5) is 2.59. The smallest absolute Gasteiger partial charge is 0.118 e. The van der Waals surface area contributed by atoms with Crippen molar-refractivity contribution in [1.29, 1.82) is 0 Å². The normalized spacial score (nSPS) is 27.9. The second kappa shape index (κ2) is 5.90. The summed E-state index contributed by atoms with van der Waals surface area (Å²) in [6.07, 6.45) is 4.03. The molecule has 1 saturated heterocycles. The lowest BCUT2D eigenvalue weighted by molar-refractivity contribution is 0.134. The number of aryl methyl sites for hydroxylation is 1. The van der Waals surface area contributed by atoms with Crippen LogP contribution >= 0.6 is 0 Å². The highest BCUT2D eigenvalue weighted by atomic mass is 16.3. The third-order valence-corrected chi connectivity index (χ3v) is 4.55. The van der Waals surface area contributed by atoms with E-state index in [9.17, 15) is 0 Å². The summed E-state index contributed by atoms with van der Waals surface area (Å²) in [6, 6.07) is 3.00. The van der Waals surface area contributed by atoms with Gasteiger partial charge in [0.1, 0.15) is 11.5 Å². The summed E-state index contributed by atoms with van der Waals surface area (Å²) in [5, 5.41) is 3.52. The van der Waals surface area contributed by atoms with Gasteiger partial charge in [0.05, 0.1) is 6.54 Å². The van der Waals surface area contributed by atoms with E-state index in [-0.39, 0.29) is 0 Å². The van der Waals surface area contributed by atoms with Crippen LogP contribution in [0.3, 0.4) is 0 Å². The Balaban J connectivity index is 1.58. The van der Waals surface area contributed by atoms with Gasteiger partial charge in [-0.25, -0.2) is 0 Å². The molecule has 1 aromatic rings. The van der Waals surface area contributed by atoms with E-state index < -0.39 is 0 Å². The summed E-state index contributed by atoms with van der Waals surface area (Å²) >= 11 is 0. The fraction of sp³-hybridized carbons (Fsp3) is 0.765. The number of nitrogens with one attached hydrogen (secondary N) is 1. The maximum Gasteiger partial charge on any atom is 0.118 e. The molecule has 2 heterocycles. The Labute approximate surface area is 122 Å². The molecule has 2 atom stereocenters. The minimum atomic E-state index is 0.743. The van der Waals surface area contributed by atoms with Crippen molar-refractivity contribution < 1.29 is 4.42 Å². The van der Waals surface area contributed by atoms with Gasteiger partial charge >= 0.3 is 0 Å².